The molecule has 2 heterocycles. The highest BCUT2D eigenvalue weighted by Crippen LogP contribution is 2.34. The Morgan fingerprint density at radius 1 is 1.48 bits per heavy atom. The molecule has 0 N–H and O–H groups in total. The number of piperidine rings is 1. The van der Waals surface area contributed by atoms with Crippen molar-refractivity contribution in [3.05, 3.63) is 40.0 Å². The Labute approximate surface area is 133 Å². The second kappa shape index (κ2) is 6.23. The molecule has 1 saturated heterocycles. The minimum Gasteiger partial charge on any atom is -0.490 e. The molecule has 1 atom stereocenters. The molecule has 3 rings (SSSR count). The number of methoxy groups -OCH3 is 1. The molecule has 8 heteroatoms. The molecule has 0 unspecified atom stereocenters. The first-order valence-electron chi connectivity index (χ1n) is 7.46. The Hall–Kier alpha value is -2.64. The first-order chi connectivity index (χ1) is 11.1. The second-order valence-electron chi connectivity index (χ2n) is 5.58. The van der Waals surface area contributed by atoms with Crippen LogP contribution in [0.1, 0.15) is 30.5 Å². The standard InChI is InChI=1S/C15H18N4O4/c1-10-16-15(23-17-10)11-4-3-7-18(9-11)12-5-6-13(19(20)21)14(8-12)22-2/h5-6,8,11H,3-4,7,9H2,1-2H3/t11-/m1/s1. The van der Waals surface area contributed by atoms with Crippen molar-refractivity contribution in [1.82, 2.24) is 10.1 Å². The summed E-state index contributed by atoms with van der Waals surface area (Å²) in [6.07, 6.45) is 1.98. The average Bonchev–Trinajstić information content (AvgIpc) is 3.01. The molecule has 1 fully saturated rings. The number of nitro benzene ring substituents is 1. The first kappa shape index (κ1) is 15.3. The number of benzene rings is 1. The van der Waals surface area contributed by atoms with Crippen LogP contribution in [0.15, 0.2) is 22.7 Å². The zero-order chi connectivity index (χ0) is 16.4. The molecule has 0 saturated carbocycles. The lowest BCUT2D eigenvalue weighted by Crippen LogP contribution is -2.34. The van der Waals surface area contributed by atoms with Crippen LogP contribution in [-0.4, -0.2) is 35.3 Å². The fourth-order valence-electron chi connectivity index (χ4n) is 2.91. The number of anilines is 1. The van der Waals surface area contributed by atoms with Crippen LogP contribution in [-0.2, 0) is 0 Å². The molecule has 0 radical (unpaired) electrons. The minimum absolute atomic E-state index is 0.0302. The van der Waals surface area contributed by atoms with Crippen LogP contribution in [0.5, 0.6) is 5.75 Å². The van der Waals surface area contributed by atoms with E-state index in [1.165, 1.54) is 13.2 Å². The first-order valence-corrected chi connectivity index (χ1v) is 7.46. The van der Waals surface area contributed by atoms with Gasteiger partial charge in [-0.05, 0) is 25.8 Å². The zero-order valence-electron chi connectivity index (χ0n) is 13.1. The normalized spacial score (nSPS) is 18.0. The summed E-state index contributed by atoms with van der Waals surface area (Å²) in [4.78, 5) is 17.0. The Balaban J connectivity index is 1.82. The number of hydrogen-bond acceptors (Lipinski definition) is 7. The molecular formula is C15H18N4O4. The van der Waals surface area contributed by atoms with Crippen LogP contribution in [0.3, 0.4) is 0 Å². The molecule has 122 valence electrons. The fourth-order valence-corrected chi connectivity index (χ4v) is 2.91. The molecule has 2 aromatic rings. The van der Waals surface area contributed by atoms with Crippen LogP contribution in [0.4, 0.5) is 11.4 Å². The number of hydrogen-bond donors (Lipinski definition) is 0. The van der Waals surface area contributed by atoms with Crippen molar-refractivity contribution in [2.24, 2.45) is 0 Å². The van der Waals surface area contributed by atoms with Crippen LogP contribution in [0, 0.1) is 17.0 Å². The predicted octanol–water partition coefficient (Wildman–Crippen LogP) is 2.68. The van der Waals surface area contributed by atoms with Crippen molar-refractivity contribution >= 4 is 11.4 Å². The Bertz CT molecular complexity index is 715. The largest absolute Gasteiger partial charge is 0.490 e. The summed E-state index contributed by atoms with van der Waals surface area (Å²) in [5.74, 6) is 1.73. The predicted molar refractivity (Wildman–Crippen MR) is 82.9 cm³/mol. The highest BCUT2D eigenvalue weighted by atomic mass is 16.6. The van der Waals surface area contributed by atoms with Gasteiger partial charge in [0.25, 0.3) is 0 Å². The molecular weight excluding hydrogens is 300 g/mol. The number of aromatic nitrogens is 2. The minimum atomic E-state index is -0.442. The van der Waals surface area contributed by atoms with Crippen molar-refractivity contribution in [3.63, 3.8) is 0 Å². The lowest BCUT2D eigenvalue weighted by atomic mass is 9.97. The molecule has 0 spiro atoms. The van der Waals surface area contributed by atoms with Crippen LogP contribution < -0.4 is 9.64 Å². The Morgan fingerprint density at radius 2 is 2.30 bits per heavy atom. The van der Waals surface area contributed by atoms with Gasteiger partial charge in [0, 0.05) is 30.9 Å². The summed E-state index contributed by atoms with van der Waals surface area (Å²) in [6.45, 7) is 3.42. The van der Waals surface area contributed by atoms with Gasteiger partial charge in [-0.25, -0.2) is 0 Å². The van der Waals surface area contributed by atoms with Gasteiger partial charge in [0.2, 0.25) is 5.89 Å². The van der Waals surface area contributed by atoms with E-state index in [2.05, 4.69) is 15.0 Å². The third-order valence-corrected chi connectivity index (χ3v) is 4.04. The van der Waals surface area contributed by atoms with Crippen LogP contribution in [0.2, 0.25) is 0 Å². The van der Waals surface area contributed by atoms with Gasteiger partial charge in [-0.3, -0.25) is 10.1 Å². The van der Waals surface area contributed by atoms with Crippen LogP contribution >= 0.6 is 0 Å². The monoisotopic (exact) mass is 318 g/mol. The fraction of sp³-hybridized carbons (Fsp3) is 0.467. The van der Waals surface area contributed by atoms with Gasteiger partial charge in [-0.1, -0.05) is 5.16 Å². The SMILES string of the molecule is COc1cc(N2CCC[C@@H](c3nc(C)no3)C2)ccc1[N+](=O)[O-]. The van der Waals surface area contributed by atoms with Crippen LogP contribution in [0.25, 0.3) is 0 Å². The van der Waals surface area contributed by atoms with Crippen molar-refractivity contribution in [2.75, 3.05) is 25.1 Å². The summed E-state index contributed by atoms with van der Waals surface area (Å²) in [6, 6.07) is 4.94. The van der Waals surface area contributed by atoms with Gasteiger partial charge in [0.15, 0.2) is 11.6 Å². The lowest BCUT2D eigenvalue weighted by molar-refractivity contribution is -0.385. The third-order valence-electron chi connectivity index (χ3n) is 4.04. The van der Waals surface area contributed by atoms with Crippen molar-refractivity contribution in [2.45, 2.75) is 25.7 Å². The molecule has 0 bridgehead atoms. The maximum atomic E-state index is 11.0. The van der Waals surface area contributed by atoms with Crippen molar-refractivity contribution in [1.29, 1.82) is 0 Å². The molecule has 8 nitrogen and oxygen atoms in total. The van der Waals surface area contributed by atoms with E-state index in [9.17, 15) is 10.1 Å². The maximum Gasteiger partial charge on any atom is 0.311 e. The van der Waals surface area contributed by atoms with E-state index in [0.29, 0.717) is 11.7 Å². The van der Waals surface area contributed by atoms with Crippen molar-refractivity contribution < 1.29 is 14.2 Å². The van der Waals surface area contributed by atoms with E-state index in [0.717, 1.165) is 31.6 Å². The number of nitrogens with zero attached hydrogens (tertiary/aromatic N) is 4. The summed E-state index contributed by atoms with van der Waals surface area (Å²) >= 11 is 0. The quantitative estimate of drug-likeness (QED) is 0.631. The summed E-state index contributed by atoms with van der Waals surface area (Å²) < 4.78 is 10.4. The zero-order valence-corrected chi connectivity index (χ0v) is 13.1. The number of nitro groups is 1. The topological polar surface area (TPSA) is 94.5 Å². The molecule has 0 aliphatic carbocycles. The Kier molecular flexibility index (Phi) is 4.14. The van der Waals surface area contributed by atoms with E-state index in [-0.39, 0.29) is 17.4 Å². The van der Waals surface area contributed by atoms with E-state index < -0.39 is 4.92 Å². The van der Waals surface area contributed by atoms with E-state index in [1.54, 1.807) is 19.1 Å². The van der Waals surface area contributed by atoms with Gasteiger partial charge in [-0.15, -0.1) is 0 Å². The highest BCUT2D eigenvalue weighted by Gasteiger charge is 2.27. The van der Waals surface area contributed by atoms with Crippen molar-refractivity contribution in [3.8, 4) is 5.75 Å². The Morgan fingerprint density at radius 3 is 2.96 bits per heavy atom. The summed E-state index contributed by atoms with van der Waals surface area (Å²) in [5, 5.41) is 14.8. The van der Waals surface area contributed by atoms with Gasteiger partial charge in [0.05, 0.1) is 18.0 Å². The summed E-state index contributed by atoms with van der Waals surface area (Å²) in [5.41, 5.74) is 0.866. The van der Waals surface area contributed by atoms with E-state index in [1.807, 2.05) is 0 Å². The molecule has 0 amide bonds. The number of rotatable bonds is 4. The van der Waals surface area contributed by atoms with Gasteiger partial charge >= 0.3 is 5.69 Å². The van der Waals surface area contributed by atoms with Gasteiger partial charge in [-0.2, -0.15) is 4.98 Å². The number of aryl methyl sites for hydroxylation is 1. The number of ether oxygens (including phenoxy) is 1. The molecule has 23 heavy (non-hydrogen) atoms. The van der Waals surface area contributed by atoms with E-state index in [4.69, 9.17) is 9.26 Å². The smallest absolute Gasteiger partial charge is 0.311 e. The molecule has 1 aliphatic rings. The highest BCUT2D eigenvalue weighted by molar-refractivity contribution is 5.59. The van der Waals surface area contributed by atoms with Gasteiger partial charge in [0.1, 0.15) is 0 Å². The lowest BCUT2D eigenvalue weighted by Gasteiger charge is -2.32. The molecule has 1 aromatic heterocycles. The van der Waals surface area contributed by atoms with E-state index >= 15 is 0 Å². The molecule has 1 aromatic carbocycles. The average molecular weight is 318 g/mol. The molecule has 1 aliphatic heterocycles. The maximum absolute atomic E-state index is 11.0. The van der Waals surface area contributed by atoms with Gasteiger partial charge < -0.3 is 14.2 Å². The summed E-state index contributed by atoms with van der Waals surface area (Å²) in [7, 11) is 1.44. The second-order valence-corrected chi connectivity index (χ2v) is 5.58. The third kappa shape index (κ3) is 3.10.